The molecule has 4 rings (SSSR count). The number of esters is 1. The number of amides is 1. The van der Waals surface area contributed by atoms with Crippen molar-refractivity contribution in [1.29, 1.82) is 0 Å². The van der Waals surface area contributed by atoms with Gasteiger partial charge in [-0.25, -0.2) is 4.79 Å². The maximum absolute atomic E-state index is 14.5. The quantitative estimate of drug-likeness (QED) is 0.101. The summed E-state index contributed by atoms with van der Waals surface area (Å²) in [5, 5.41) is 23.5. The summed E-state index contributed by atoms with van der Waals surface area (Å²) in [5.74, 6) is -8.02. The maximum Gasteiger partial charge on any atom is 0.329 e. The highest BCUT2D eigenvalue weighted by Gasteiger charge is 2.53. The molecule has 3 aliphatic heterocycles. The third-order valence-electron chi connectivity index (χ3n) is 15.0. The van der Waals surface area contributed by atoms with Crippen LogP contribution in [0.4, 0.5) is 0 Å². The molecule has 3 fully saturated rings. The van der Waals surface area contributed by atoms with Crippen LogP contribution in [0, 0.1) is 35.5 Å². The molecule has 69 heavy (non-hydrogen) atoms. The number of nitrogens with zero attached hydrogens (tertiary/aromatic N) is 1. The van der Waals surface area contributed by atoms with Crippen molar-refractivity contribution in [2.75, 3.05) is 40.9 Å². The van der Waals surface area contributed by atoms with E-state index >= 15 is 0 Å². The lowest BCUT2D eigenvalue weighted by atomic mass is 9.78. The lowest BCUT2D eigenvalue weighted by molar-refractivity contribution is -0.265. The van der Waals surface area contributed by atoms with E-state index in [1.54, 1.807) is 47.7 Å². The molecular weight excluding hydrogens is 906 g/mol. The molecule has 16 atom stereocenters. The van der Waals surface area contributed by atoms with Gasteiger partial charge in [0, 0.05) is 58.5 Å². The second-order valence-corrected chi connectivity index (χ2v) is 22.3. The number of aliphatic hydroxyl groups is 2. The van der Waals surface area contributed by atoms with Crippen LogP contribution in [0.5, 0.6) is 0 Å². The Morgan fingerprint density at radius 2 is 1.59 bits per heavy atom. The van der Waals surface area contributed by atoms with Crippen molar-refractivity contribution in [2.24, 2.45) is 35.5 Å². The standard InChI is InChI=1S/C53H84NO14P/c1-32-17-13-12-14-18-33(2)44(63-8)29-40-22-20-38(7)53(61,68-40)50(58)51(59)54-24-16-15-19-41(54)52(60)67-45(35(4)27-39-21-23-43(46(28-39)64-9)66-31-69(11)62)30-42(55)34(3)26-37(6)48(57)49(65-10)47(56)36(5)25-32/h12-14,17-18,26,32,34-36,38-41,43-46,48-49,57,61,69H,15-16,19-25,27-31H2,1-11H3/b14-12+,17-13+,33-18+,37-26+/t32-,34-,35-,36-,38-,39+,40+,41?,43?,44+,45+,46-,48-,49+,53-/m1/s1. The smallest absolute Gasteiger partial charge is 0.329 e. The van der Waals surface area contributed by atoms with Crippen LogP contribution in [0.3, 0.4) is 0 Å². The average molecular weight is 990 g/mol. The number of aliphatic hydroxyl groups excluding tert-OH is 1. The molecule has 0 radical (unpaired) electrons. The Hall–Kier alpha value is -3.14. The third-order valence-corrected chi connectivity index (χ3v) is 15.5. The number of rotatable bonds is 9. The Morgan fingerprint density at radius 3 is 2.26 bits per heavy atom. The van der Waals surface area contributed by atoms with Gasteiger partial charge in [-0.15, -0.1) is 0 Å². The van der Waals surface area contributed by atoms with Gasteiger partial charge >= 0.3 is 5.97 Å². The van der Waals surface area contributed by atoms with Crippen LogP contribution in [0.25, 0.3) is 0 Å². The summed E-state index contributed by atoms with van der Waals surface area (Å²) in [4.78, 5) is 72.2. The SMILES string of the molecule is CO[C@H]1C[C@@H]2CC[C@@H](C)[C@@](O)(O2)C(=O)C(=O)N2CCCCC2C(=O)O[C@H]([C@H](C)C[C@@H]2CCC(OC[PH](C)=O)[C@H](OC)C2)CC(=O)[C@H](C)/C=C(\C)[C@@H](O)[C@@H](OC)C(=O)[C@H](C)C[C@H](C)/C=C/C=C/C=C/1C. The minimum absolute atomic E-state index is 0.0137. The summed E-state index contributed by atoms with van der Waals surface area (Å²) in [6.45, 7) is 14.4. The number of hydrogen-bond acceptors (Lipinski definition) is 14. The van der Waals surface area contributed by atoms with E-state index in [1.165, 1.54) is 12.0 Å². The Balaban J connectivity index is 1.70. The van der Waals surface area contributed by atoms with Gasteiger partial charge in [-0.1, -0.05) is 71.1 Å². The first-order valence-corrected chi connectivity index (χ1v) is 27.4. The number of ether oxygens (including phenoxy) is 6. The number of ketones is 3. The molecule has 3 heterocycles. The van der Waals surface area contributed by atoms with Gasteiger partial charge in [0.1, 0.15) is 30.1 Å². The van der Waals surface area contributed by atoms with Gasteiger partial charge in [-0.2, -0.15) is 0 Å². The summed E-state index contributed by atoms with van der Waals surface area (Å²) in [6, 6.07) is -1.15. The van der Waals surface area contributed by atoms with E-state index in [0.717, 1.165) is 12.0 Å². The van der Waals surface area contributed by atoms with Crippen LogP contribution in [-0.4, -0.2) is 140 Å². The highest BCUT2D eigenvalue weighted by atomic mass is 31.1. The van der Waals surface area contributed by atoms with Crippen LogP contribution >= 0.6 is 7.80 Å². The molecule has 4 aliphatic rings. The number of fused-ring (bicyclic) bond motifs is 3. The van der Waals surface area contributed by atoms with Gasteiger partial charge in [0.25, 0.3) is 11.7 Å². The number of hydrogen-bond donors (Lipinski definition) is 2. The van der Waals surface area contributed by atoms with E-state index < -0.39 is 85.6 Å². The summed E-state index contributed by atoms with van der Waals surface area (Å²) in [5.41, 5.74) is 1.26. The van der Waals surface area contributed by atoms with E-state index in [0.29, 0.717) is 63.4 Å². The molecule has 0 spiro atoms. The van der Waals surface area contributed by atoms with Crippen molar-refractivity contribution >= 4 is 37.0 Å². The van der Waals surface area contributed by atoms with Crippen LogP contribution in [0.15, 0.2) is 47.6 Å². The van der Waals surface area contributed by atoms with Crippen LogP contribution < -0.4 is 0 Å². The van der Waals surface area contributed by atoms with Crippen molar-refractivity contribution in [3.63, 3.8) is 0 Å². The largest absolute Gasteiger partial charge is 0.460 e. The highest BCUT2D eigenvalue weighted by Crippen LogP contribution is 2.38. The van der Waals surface area contributed by atoms with Gasteiger partial charge in [-0.3, -0.25) is 19.2 Å². The third kappa shape index (κ3) is 16.2. The topological polar surface area (TPSA) is 201 Å². The monoisotopic (exact) mass is 990 g/mol. The lowest BCUT2D eigenvalue weighted by Gasteiger charge is -2.42. The molecule has 15 nitrogen and oxygen atoms in total. The highest BCUT2D eigenvalue weighted by molar-refractivity contribution is 7.43. The van der Waals surface area contributed by atoms with E-state index in [4.69, 9.17) is 28.4 Å². The molecule has 2 N–H and O–H groups in total. The van der Waals surface area contributed by atoms with Gasteiger partial charge in [0.05, 0.1) is 38.6 Å². The van der Waals surface area contributed by atoms with Crippen molar-refractivity contribution in [3.05, 3.63) is 47.6 Å². The van der Waals surface area contributed by atoms with Crippen molar-refractivity contribution in [3.8, 4) is 0 Å². The fourth-order valence-electron chi connectivity index (χ4n) is 10.5. The molecular formula is C53H84NO14P. The number of carbonyl (C=O) groups is 5. The zero-order valence-corrected chi connectivity index (χ0v) is 44.2. The fourth-order valence-corrected chi connectivity index (χ4v) is 11.0. The minimum Gasteiger partial charge on any atom is -0.460 e. The second kappa shape index (κ2) is 27.6. The van der Waals surface area contributed by atoms with Crippen LogP contribution in [0.1, 0.15) is 126 Å². The zero-order chi connectivity index (χ0) is 51.2. The zero-order valence-electron chi connectivity index (χ0n) is 43.2. The predicted octanol–water partition coefficient (Wildman–Crippen LogP) is 7.35. The van der Waals surface area contributed by atoms with E-state index in [2.05, 4.69) is 0 Å². The molecule has 390 valence electrons. The molecule has 1 aliphatic carbocycles. The Bertz CT molecular complexity index is 1900. The number of cyclic esters (lactones) is 1. The van der Waals surface area contributed by atoms with Gasteiger partial charge in [0.2, 0.25) is 5.79 Å². The van der Waals surface area contributed by atoms with Gasteiger partial charge < -0.3 is 48.1 Å². The predicted molar refractivity (Wildman–Crippen MR) is 264 cm³/mol. The first kappa shape index (κ1) is 58.4. The van der Waals surface area contributed by atoms with Crippen LogP contribution in [0.2, 0.25) is 0 Å². The molecule has 0 aromatic heterocycles. The Morgan fingerprint density at radius 1 is 0.870 bits per heavy atom. The average Bonchev–Trinajstić information content (AvgIpc) is 3.32. The van der Waals surface area contributed by atoms with Crippen LogP contribution in [-0.2, 0) is 57.0 Å². The first-order valence-electron chi connectivity index (χ1n) is 25.2. The Labute approximate surface area is 411 Å². The van der Waals surface area contributed by atoms with Crippen molar-refractivity contribution < 1.29 is 67.2 Å². The number of Topliss-reactive ketones (excluding diaryl/α,β-unsaturated/α-hetero) is 3. The second-order valence-electron chi connectivity index (χ2n) is 20.6. The van der Waals surface area contributed by atoms with E-state index in [-0.39, 0.29) is 67.3 Å². The summed E-state index contributed by atoms with van der Waals surface area (Å²) >= 11 is 0. The fraction of sp³-hybridized carbons (Fsp3) is 0.755. The van der Waals surface area contributed by atoms with Gasteiger partial charge in [-0.05, 0) is 114 Å². The molecule has 0 aromatic rings. The van der Waals surface area contributed by atoms with Crippen molar-refractivity contribution in [1.82, 2.24) is 4.90 Å². The van der Waals surface area contributed by atoms with E-state index in [9.17, 15) is 38.8 Å². The summed E-state index contributed by atoms with van der Waals surface area (Å²) in [6.07, 6.45) is 12.0. The number of carbonyl (C=O) groups excluding carboxylic acids is 5. The number of piperidine rings is 1. The van der Waals surface area contributed by atoms with Crippen molar-refractivity contribution in [2.45, 2.75) is 180 Å². The number of methoxy groups -OCH3 is 3. The molecule has 1 saturated carbocycles. The molecule has 3 unspecified atom stereocenters. The Kier molecular flexibility index (Phi) is 23.4. The minimum atomic E-state index is -2.44. The maximum atomic E-state index is 14.5. The van der Waals surface area contributed by atoms with Gasteiger partial charge in [0.15, 0.2) is 5.78 Å². The molecule has 1 amide bonds. The number of allylic oxidation sites excluding steroid dienone is 6. The molecule has 0 aromatic carbocycles. The normalized spacial score (nSPS) is 39.2. The summed E-state index contributed by atoms with van der Waals surface area (Å²) < 4.78 is 47.6. The molecule has 16 heteroatoms. The molecule has 2 bridgehead atoms. The molecule has 2 saturated heterocycles. The summed E-state index contributed by atoms with van der Waals surface area (Å²) in [7, 11) is 2.75. The van der Waals surface area contributed by atoms with E-state index in [1.807, 2.05) is 58.1 Å². The lowest BCUT2D eigenvalue weighted by Crippen LogP contribution is -2.61. The first-order chi connectivity index (χ1) is 32.6.